The van der Waals surface area contributed by atoms with Crippen molar-refractivity contribution < 1.29 is 0 Å². The number of halogens is 1. The van der Waals surface area contributed by atoms with Crippen LogP contribution < -0.4 is 4.90 Å². The maximum absolute atomic E-state index is 6.07. The fourth-order valence-corrected chi connectivity index (χ4v) is 3.03. The van der Waals surface area contributed by atoms with Crippen LogP contribution in [0.3, 0.4) is 0 Å². The van der Waals surface area contributed by atoms with Crippen LogP contribution in [0.25, 0.3) is 0 Å². The molecular weight excluding hydrogens is 270 g/mol. The predicted molar refractivity (Wildman–Crippen MR) is 82.4 cm³/mol. The van der Waals surface area contributed by atoms with Crippen LogP contribution in [0.2, 0.25) is 5.28 Å². The van der Waals surface area contributed by atoms with Crippen molar-refractivity contribution in [1.82, 2.24) is 9.97 Å². The minimum absolute atomic E-state index is 0.348. The molecule has 0 unspecified atom stereocenters. The van der Waals surface area contributed by atoms with E-state index < -0.39 is 0 Å². The van der Waals surface area contributed by atoms with Crippen molar-refractivity contribution in [2.24, 2.45) is 0 Å². The summed E-state index contributed by atoms with van der Waals surface area (Å²) in [5.41, 5.74) is 5.01. The van der Waals surface area contributed by atoms with E-state index in [-0.39, 0.29) is 0 Å². The van der Waals surface area contributed by atoms with E-state index in [0.717, 1.165) is 43.0 Å². The Balaban J connectivity index is 1.97. The van der Waals surface area contributed by atoms with Crippen LogP contribution in [0, 0.1) is 6.92 Å². The lowest BCUT2D eigenvalue weighted by molar-refractivity contribution is 0.713. The minimum atomic E-state index is 0.348. The highest BCUT2D eigenvalue weighted by Gasteiger charge is 2.20. The van der Waals surface area contributed by atoms with E-state index >= 15 is 0 Å². The molecule has 0 saturated heterocycles. The molecule has 104 valence electrons. The van der Waals surface area contributed by atoms with Crippen LogP contribution in [0.1, 0.15) is 29.3 Å². The maximum Gasteiger partial charge on any atom is 0.224 e. The molecule has 1 aromatic carbocycles. The first-order valence-electron chi connectivity index (χ1n) is 7.03. The molecule has 2 aromatic rings. The molecule has 1 aromatic heterocycles. The van der Waals surface area contributed by atoms with Gasteiger partial charge in [0.25, 0.3) is 0 Å². The van der Waals surface area contributed by atoms with Gasteiger partial charge in [-0.05, 0) is 42.5 Å². The van der Waals surface area contributed by atoms with E-state index in [0.29, 0.717) is 5.28 Å². The van der Waals surface area contributed by atoms with Crippen LogP contribution in [0.5, 0.6) is 0 Å². The first kappa shape index (κ1) is 13.4. The number of aryl methyl sites for hydroxylation is 1. The van der Waals surface area contributed by atoms with Crippen molar-refractivity contribution >= 4 is 17.4 Å². The third-order valence-corrected chi connectivity index (χ3v) is 4.13. The highest BCUT2D eigenvalue weighted by atomic mass is 35.5. The molecule has 0 saturated carbocycles. The van der Waals surface area contributed by atoms with E-state index in [1.165, 1.54) is 11.1 Å². The fraction of sp³-hybridized carbons (Fsp3) is 0.375. The van der Waals surface area contributed by atoms with Gasteiger partial charge in [-0.2, -0.15) is 0 Å². The van der Waals surface area contributed by atoms with Gasteiger partial charge in [0.2, 0.25) is 5.28 Å². The summed E-state index contributed by atoms with van der Waals surface area (Å²) < 4.78 is 0. The topological polar surface area (TPSA) is 29.0 Å². The summed E-state index contributed by atoms with van der Waals surface area (Å²) in [5, 5.41) is 0.348. The molecular formula is C16H18ClN3. The zero-order valence-electron chi connectivity index (χ0n) is 11.9. The van der Waals surface area contributed by atoms with Gasteiger partial charge in [-0.3, -0.25) is 0 Å². The Morgan fingerprint density at radius 1 is 1.20 bits per heavy atom. The van der Waals surface area contributed by atoms with Gasteiger partial charge < -0.3 is 4.90 Å². The van der Waals surface area contributed by atoms with Gasteiger partial charge in [0.15, 0.2) is 0 Å². The number of anilines is 1. The van der Waals surface area contributed by atoms with Gasteiger partial charge in [0.1, 0.15) is 5.82 Å². The number of nitrogens with zero attached hydrogens (tertiary/aromatic N) is 3. The molecule has 2 heterocycles. The summed E-state index contributed by atoms with van der Waals surface area (Å²) in [4.78, 5) is 11.1. The standard InChI is InChI=1S/C16H18ClN3/c1-3-14-11(2)15(19-16(17)18-14)20-9-8-12-6-4-5-7-13(12)10-20/h4-7H,3,8-10H2,1-2H3. The second-order valence-corrected chi connectivity index (χ2v) is 5.52. The molecule has 0 aliphatic carbocycles. The number of fused-ring (bicyclic) bond motifs is 1. The fourth-order valence-electron chi connectivity index (χ4n) is 2.85. The normalized spacial score (nSPS) is 14.2. The maximum atomic E-state index is 6.07. The number of benzene rings is 1. The summed E-state index contributed by atoms with van der Waals surface area (Å²) in [6, 6.07) is 8.61. The van der Waals surface area contributed by atoms with E-state index in [4.69, 9.17) is 11.6 Å². The molecule has 20 heavy (non-hydrogen) atoms. The summed E-state index contributed by atoms with van der Waals surface area (Å²) in [6.45, 7) is 6.06. The minimum Gasteiger partial charge on any atom is -0.352 e. The van der Waals surface area contributed by atoms with Gasteiger partial charge in [-0.1, -0.05) is 31.2 Å². The Kier molecular flexibility index (Phi) is 3.62. The predicted octanol–water partition coefficient (Wildman–Crippen LogP) is 3.56. The molecule has 3 nitrogen and oxygen atoms in total. The molecule has 4 heteroatoms. The highest BCUT2D eigenvalue weighted by molar-refractivity contribution is 6.28. The lowest BCUT2D eigenvalue weighted by Gasteiger charge is -2.31. The van der Waals surface area contributed by atoms with Gasteiger partial charge >= 0.3 is 0 Å². The van der Waals surface area contributed by atoms with Crippen molar-refractivity contribution in [3.8, 4) is 0 Å². The van der Waals surface area contributed by atoms with Crippen molar-refractivity contribution in [3.63, 3.8) is 0 Å². The van der Waals surface area contributed by atoms with Crippen molar-refractivity contribution in [2.45, 2.75) is 33.2 Å². The molecule has 3 rings (SSSR count). The quantitative estimate of drug-likeness (QED) is 0.791. The van der Waals surface area contributed by atoms with Crippen molar-refractivity contribution in [2.75, 3.05) is 11.4 Å². The lowest BCUT2D eigenvalue weighted by Crippen LogP contribution is -2.32. The summed E-state index contributed by atoms with van der Waals surface area (Å²) in [5.74, 6) is 0.983. The van der Waals surface area contributed by atoms with Gasteiger partial charge in [-0.25, -0.2) is 9.97 Å². The van der Waals surface area contributed by atoms with Crippen LogP contribution in [-0.2, 0) is 19.4 Å². The lowest BCUT2D eigenvalue weighted by atomic mass is 9.99. The average Bonchev–Trinajstić information content (AvgIpc) is 2.48. The van der Waals surface area contributed by atoms with Gasteiger partial charge in [0, 0.05) is 18.7 Å². The molecule has 0 N–H and O–H groups in total. The average molecular weight is 288 g/mol. The summed E-state index contributed by atoms with van der Waals surface area (Å²) in [7, 11) is 0. The molecule has 0 atom stereocenters. The zero-order chi connectivity index (χ0) is 14.1. The Morgan fingerprint density at radius 2 is 1.95 bits per heavy atom. The third kappa shape index (κ3) is 2.38. The highest BCUT2D eigenvalue weighted by Crippen LogP contribution is 2.27. The smallest absolute Gasteiger partial charge is 0.224 e. The molecule has 0 fully saturated rings. The zero-order valence-corrected chi connectivity index (χ0v) is 12.6. The Bertz CT molecular complexity index is 640. The Labute approximate surface area is 124 Å². The molecule has 0 amide bonds. The molecule has 0 bridgehead atoms. The number of hydrogen-bond acceptors (Lipinski definition) is 3. The first-order chi connectivity index (χ1) is 9.69. The van der Waals surface area contributed by atoms with Crippen LogP contribution in [0.15, 0.2) is 24.3 Å². The second kappa shape index (κ2) is 5.41. The Morgan fingerprint density at radius 3 is 2.70 bits per heavy atom. The molecule has 1 aliphatic rings. The number of hydrogen-bond donors (Lipinski definition) is 0. The summed E-state index contributed by atoms with van der Waals surface area (Å²) in [6.07, 6.45) is 1.93. The first-order valence-corrected chi connectivity index (χ1v) is 7.41. The summed E-state index contributed by atoms with van der Waals surface area (Å²) >= 11 is 6.07. The van der Waals surface area contributed by atoms with Gasteiger partial charge in [0.05, 0.1) is 5.69 Å². The SMILES string of the molecule is CCc1nc(Cl)nc(N2CCc3ccccc3C2)c1C. The molecule has 0 spiro atoms. The number of rotatable bonds is 2. The molecule has 0 radical (unpaired) electrons. The van der Waals surface area contributed by atoms with Crippen LogP contribution >= 0.6 is 11.6 Å². The van der Waals surface area contributed by atoms with E-state index in [9.17, 15) is 0 Å². The largest absolute Gasteiger partial charge is 0.352 e. The van der Waals surface area contributed by atoms with Crippen LogP contribution in [-0.4, -0.2) is 16.5 Å². The Hall–Kier alpha value is -1.61. The number of aromatic nitrogens is 2. The van der Waals surface area contributed by atoms with Crippen molar-refractivity contribution in [1.29, 1.82) is 0 Å². The van der Waals surface area contributed by atoms with E-state index in [2.05, 4.69) is 53.0 Å². The molecule has 1 aliphatic heterocycles. The van der Waals surface area contributed by atoms with Gasteiger partial charge in [-0.15, -0.1) is 0 Å². The van der Waals surface area contributed by atoms with E-state index in [1.54, 1.807) is 0 Å². The monoisotopic (exact) mass is 287 g/mol. The van der Waals surface area contributed by atoms with Crippen molar-refractivity contribution in [3.05, 3.63) is 51.9 Å². The second-order valence-electron chi connectivity index (χ2n) is 5.18. The van der Waals surface area contributed by atoms with Crippen LogP contribution in [0.4, 0.5) is 5.82 Å². The third-order valence-electron chi connectivity index (χ3n) is 3.96. The van der Waals surface area contributed by atoms with E-state index in [1.807, 2.05) is 0 Å².